The van der Waals surface area contributed by atoms with E-state index >= 15 is 0 Å². The molecule has 1 saturated heterocycles. The van der Waals surface area contributed by atoms with Gasteiger partial charge in [-0.05, 0) is 31.8 Å². The van der Waals surface area contributed by atoms with Crippen molar-refractivity contribution >= 4 is 6.09 Å². The lowest BCUT2D eigenvalue weighted by atomic mass is 9.81. The molecule has 0 aliphatic carbocycles. The maximum Gasteiger partial charge on any atom is 0.411 e. The Hall–Kier alpha value is -0.990. The molecule has 1 aliphatic rings. The van der Waals surface area contributed by atoms with Crippen molar-refractivity contribution in [1.82, 2.24) is 4.90 Å². The predicted octanol–water partition coefficient (Wildman–Crippen LogP) is 3.21. The molecule has 92 valence electrons. The minimum Gasteiger partial charge on any atom is -0.440 e. The number of ether oxygens (including phenoxy) is 1. The molecule has 1 aliphatic heterocycles. The molecule has 0 spiro atoms. The second-order valence-electron chi connectivity index (χ2n) is 6.32. The first-order valence-corrected chi connectivity index (χ1v) is 5.76. The Bertz CT molecular complexity index is 289. The maximum absolute atomic E-state index is 11.7. The minimum atomic E-state index is -0.223. The van der Waals surface area contributed by atoms with E-state index in [0.717, 1.165) is 6.42 Å². The number of rotatable bonds is 3. The van der Waals surface area contributed by atoms with Crippen molar-refractivity contribution in [1.29, 1.82) is 0 Å². The van der Waals surface area contributed by atoms with Crippen molar-refractivity contribution in [3.05, 3.63) is 12.7 Å². The van der Waals surface area contributed by atoms with Crippen LogP contribution in [-0.4, -0.2) is 29.2 Å². The average molecular weight is 225 g/mol. The summed E-state index contributed by atoms with van der Waals surface area (Å²) in [5.74, 6) is 0. The van der Waals surface area contributed by atoms with Crippen LogP contribution in [0.25, 0.3) is 0 Å². The SMILES string of the molecule is C=CC1CN(C(C)(C)CC(C)(C)C)C(=O)O1. The molecule has 1 unspecified atom stereocenters. The van der Waals surface area contributed by atoms with E-state index < -0.39 is 0 Å². The van der Waals surface area contributed by atoms with E-state index in [1.54, 1.807) is 6.08 Å². The van der Waals surface area contributed by atoms with E-state index in [1.165, 1.54) is 0 Å². The van der Waals surface area contributed by atoms with Gasteiger partial charge >= 0.3 is 6.09 Å². The molecule has 1 rings (SSSR count). The topological polar surface area (TPSA) is 29.5 Å². The summed E-state index contributed by atoms with van der Waals surface area (Å²) in [6.45, 7) is 15.0. The van der Waals surface area contributed by atoms with Gasteiger partial charge in [-0.25, -0.2) is 4.79 Å². The van der Waals surface area contributed by atoms with E-state index in [2.05, 4.69) is 41.2 Å². The normalized spacial score (nSPS) is 22.2. The van der Waals surface area contributed by atoms with Crippen molar-refractivity contribution in [2.45, 2.75) is 52.7 Å². The van der Waals surface area contributed by atoms with Gasteiger partial charge in [-0.1, -0.05) is 27.4 Å². The van der Waals surface area contributed by atoms with Gasteiger partial charge in [-0.3, -0.25) is 4.90 Å². The number of nitrogens with zero attached hydrogens (tertiary/aromatic N) is 1. The lowest BCUT2D eigenvalue weighted by molar-refractivity contribution is 0.100. The molecular formula is C13H23NO2. The Balaban J connectivity index is 2.76. The standard InChI is InChI=1S/C13H23NO2/c1-7-10-8-14(11(15)16-10)13(5,6)9-12(2,3)4/h7,10H,1,8-9H2,2-6H3. The summed E-state index contributed by atoms with van der Waals surface area (Å²) in [5.41, 5.74) is 0.0170. The maximum atomic E-state index is 11.7. The van der Waals surface area contributed by atoms with E-state index in [-0.39, 0.29) is 23.2 Å². The van der Waals surface area contributed by atoms with Gasteiger partial charge in [0.2, 0.25) is 0 Å². The molecule has 0 aromatic heterocycles. The third-order valence-corrected chi connectivity index (χ3v) is 2.79. The molecule has 1 amide bonds. The lowest BCUT2D eigenvalue weighted by Crippen LogP contribution is -2.47. The van der Waals surface area contributed by atoms with Crippen LogP contribution >= 0.6 is 0 Å². The first-order valence-electron chi connectivity index (χ1n) is 5.76. The largest absolute Gasteiger partial charge is 0.440 e. The fourth-order valence-corrected chi connectivity index (χ4v) is 2.50. The molecule has 0 bridgehead atoms. The van der Waals surface area contributed by atoms with Gasteiger partial charge in [0.25, 0.3) is 0 Å². The number of amides is 1. The summed E-state index contributed by atoms with van der Waals surface area (Å²) in [6.07, 6.45) is 2.25. The fourth-order valence-electron chi connectivity index (χ4n) is 2.50. The van der Waals surface area contributed by atoms with E-state index in [1.807, 2.05) is 4.90 Å². The summed E-state index contributed by atoms with van der Waals surface area (Å²) in [6, 6.07) is 0. The van der Waals surface area contributed by atoms with Gasteiger partial charge in [0.1, 0.15) is 6.10 Å². The summed E-state index contributed by atoms with van der Waals surface area (Å²) in [4.78, 5) is 13.5. The smallest absolute Gasteiger partial charge is 0.411 e. The first-order chi connectivity index (χ1) is 7.15. The Kier molecular flexibility index (Phi) is 3.36. The molecule has 3 heteroatoms. The lowest BCUT2D eigenvalue weighted by Gasteiger charge is -2.38. The Labute approximate surface area is 98.5 Å². The summed E-state index contributed by atoms with van der Waals surface area (Å²) >= 11 is 0. The van der Waals surface area contributed by atoms with Crippen molar-refractivity contribution in [3.63, 3.8) is 0 Å². The second kappa shape index (κ2) is 4.11. The van der Waals surface area contributed by atoms with Crippen molar-refractivity contribution < 1.29 is 9.53 Å². The zero-order chi connectivity index (χ0) is 12.6. The molecule has 1 fully saturated rings. The van der Waals surface area contributed by atoms with Crippen LogP contribution in [0.5, 0.6) is 0 Å². The molecule has 0 saturated carbocycles. The van der Waals surface area contributed by atoms with Crippen LogP contribution in [-0.2, 0) is 4.74 Å². The van der Waals surface area contributed by atoms with Crippen molar-refractivity contribution in [2.24, 2.45) is 5.41 Å². The summed E-state index contributed by atoms with van der Waals surface area (Å²) < 4.78 is 5.19. The van der Waals surface area contributed by atoms with Crippen LogP contribution in [0.2, 0.25) is 0 Å². The average Bonchev–Trinajstić information content (AvgIpc) is 2.43. The molecule has 3 nitrogen and oxygen atoms in total. The van der Waals surface area contributed by atoms with Gasteiger partial charge in [-0.2, -0.15) is 0 Å². The van der Waals surface area contributed by atoms with Gasteiger partial charge < -0.3 is 4.74 Å². The Morgan fingerprint density at radius 2 is 2.00 bits per heavy atom. The fraction of sp³-hybridized carbons (Fsp3) is 0.769. The third-order valence-electron chi connectivity index (χ3n) is 2.79. The van der Waals surface area contributed by atoms with Crippen LogP contribution in [0, 0.1) is 5.41 Å². The molecular weight excluding hydrogens is 202 g/mol. The highest BCUT2D eigenvalue weighted by Gasteiger charge is 2.41. The highest BCUT2D eigenvalue weighted by atomic mass is 16.6. The zero-order valence-electron chi connectivity index (χ0n) is 11.0. The van der Waals surface area contributed by atoms with E-state index in [0.29, 0.717) is 6.54 Å². The molecule has 1 heterocycles. The quantitative estimate of drug-likeness (QED) is 0.690. The Morgan fingerprint density at radius 1 is 1.44 bits per heavy atom. The highest BCUT2D eigenvalue weighted by Crippen LogP contribution is 2.33. The van der Waals surface area contributed by atoms with Gasteiger partial charge in [0, 0.05) is 5.54 Å². The summed E-state index contributed by atoms with van der Waals surface area (Å²) in [7, 11) is 0. The van der Waals surface area contributed by atoms with Gasteiger partial charge in [0.15, 0.2) is 0 Å². The molecule has 0 N–H and O–H groups in total. The summed E-state index contributed by atoms with van der Waals surface area (Å²) in [5, 5.41) is 0. The number of cyclic esters (lactones) is 1. The van der Waals surface area contributed by atoms with Crippen LogP contribution in [0.15, 0.2) is 12.7 Å². The van der Waals surface area contributed by atoms with Crippen molar-refractivity contribution in [2.75, 3.05) is 6.54 Å². The zero-order valence-corrected chi connectivity index (χ0v) is 11.0. The van der Waals surface area contributed by atoms with Crippen LogP contribution in [0.3, 0.4) is 0 Å². The van der Waals surface area contributed by atoms with Crippen LogP contribution in [0.1, 0.15) is 41.0 Å². The van der Waals surface area contributed by atoms with Crippen LogP contribution < -0.4 is 0 Å². The number of hydrogen-bond donors (Lipinski definition) is 0. The highest BCUT2D eigenvalue weighted by molar-refractivity contribution is 5.71. The third kappa shape index (κ3) is 3.00. The molecule has 1 atom stereocenters. The van der Waals surface area contributed by atoms with Gasteiger partial charge in [-0.15, -0.1) is 0 Å². The minimum absolute atomic E-state index is 0.160. The van der Waals surface area contributed by atoms with Crippen LogP contribution in [0.4, 0.5) is 4.79 Å². The number of hydrogen-bond acceptors (Lipinski definition) is 2. The van der Waals surface area contributed by atoms with Gasteiger partial charge in [0.05, 0.1) is 6.54 Å². The second-order valence-corrected chi connectivity index (χ2v) is 6.32. The molecule has 0 aromatic rings. The monoisotopic (exact) mass is 225 g/mol. The number of carbonyl (C=O) groups is 1. The van der Waals surface area contributed by atoms with E-state index in [4.69, 9.17) is 4.74 Å². The predicted molar refractivity (Wildman–Crippen MR) is 65.3 cm³/mol. The van der Waals surface area contributed by atoms with E-state index in [9.17, 15) is 4.79 Å². The molecule has 0 radical (unpaired) electrons. The number of carbonyl (C=O) groups excluding carboxylic acids is 1. The molecule has 16 heavy (non-hydrogen) atoms. The molecule has 0 aromatic carbocycles. The van der Waals surface area contributed by atoms with Crippen molar-refractivity contribution in [3.8, 4) is 0 Å². The first kappa shape index (κ1) is 13.1. The Morgan fingerprint density at radius 3 is 2.38 bits per heavy atom.